The highest BCUT2D eigenvalue weighted by Gasteiger charge is 2.00. The van der Waals surface area contributed by atoms with Gasteiger partial charge in [0, 0.05) is 19.3 Å². The summed E-state index contributed by atoms with van der Waals surface area (Å²) in [5, 5.41) is 3.34. The SMILES string of the molecule is COCC(C)CNc1ccc(OC)cc1. The first-order valence-corrected chi connectivity index (χ1v) is 5.13. The summed E-state index contributed by atoms with van der Waals surface area (Å²) in [6.07, 6.45) is 0. The molecule has 3 nitrogen and oxygen atoms in total. The molecule has 0 aromatic heterocycles. The molecule has 1 aromatic rings. The number of methoxy groups -OCH3 is 2. The smallest absolute Gasteiger partial charge is 0.119 e. The van der Waals surface area contributed by atoms with Crippen LogP contribution in [0.3, 0.4) is 0 Å². The Bertz CT molecular complexity index is 271. The minimum Gasteiger partial charge on any atom is -0.497 e. The predicted octanol–water partition coefficient (Wildman–Crippen LogP) is 2.39. The molecule has 0 saturated heterocycles. The largest absolute Gasteiger partial charge is 0.497 e. The molecule has 0 radical (unpaired) electrons. The fourth-order valence-corrected chi connectivity index (χ4v) is 1.34. The molecule has 15 heavy (non-hydrogen) atoms. The number of ether oxygens (including phenoxy) is 2. The third kappa shape index (κ3) is 4.21. The number of hydrogen-bond donors (Lipinski definition) is 1. The van der Waals surface area contributed by atoms with Crippen LogP contribution in [0.2, 0.25) is 0 Å². The number of anilines is 1. The molecule has 0 aliphatic heterocycles. The van der Waals surface area contributed by atoms with E-state index in [1.165, 1.54) is 0 Å². The van der Waals surface area contributed by atoms with E-state index >= 15 is 0 Å². The van der Waals surface area contributed by atoms with E-state index in [0.717, 1.165) is 24.6 Å². The van der Waals surface area contributed by atoms with Crippen LogP contribution < -0.4 is 10.1 Å². The van der Waals surface area contributed by atoms with Crippen LogP contribution in [0.25, 0.3) is 0 Å². The average Bonchev–Trinajstić information content (AvgIpc) is 2.27. The van der Waals surface area contributed by atoms with E-state index in [2.05, 4.69) is 12.2 Å². The number of benzene rings is 1. The second-order valence-electron chi connectivity index (χ2n) is 3.67. The molecule has 0 amide bonds. The van der Waals surface area contributed by atoms with Gasteiger partial charge in [-0.3, -0.25) is 0 Å². The van der Waals surface area contributed by atoms with Crippen LogP contribution in [0.1, 0.15) is 6.92 Å². The molecule has 0 saturated carbocycles. The molecular formula is C12H19NO2. The molecule has 0 spiro atoms. The first-order chi connectivity index (χ1) is 7.26. The number of nitrogens with one attached hydrogen (secondary N) is 1. The lowest BCUT2D eigenvalue weighted by Gasteiger charge is -2.12. The summed E-state index contributed by atoms with van der Waals surface area (Å²) < 4.78 is 10.2. The number of rotatable bonds is 6. The van der Waals surface area contributed by atoms with E-state index in [4.69, 9.17) is 9.47 Å². The van der Waals surface area contributed by atoms with Gasteiger partial charge in [-0.15, -0.1) is 0 Å². The highest BCUT2D eigenvalue weighted by molar-refractivity contribution is 5.46. The lowest BCUT2D eigenvalue weighted by atomic mass is 10.2. The van der Waals surface area contributed by atoms with Gasteiger partial charge in [-0.1, -0.05) is 6.92 Å². The topological polar surface area (TPSA) is 30.5 Å². The Morgan fingerprint density at radius 3 is 2.40 bits per heavy atom. The molecule has 84 valence electrons. The van der Waals surface area contributed by atoms with E-state index in [1.54, 1.807) is 14.2 Å². The predicted molar refractivity (Wildman–Crippen MR) is 62.5 cm³/mol. The van der Waals surface area contributed by atoms with Crippen molar-refractivity contribution in [3.63, 3.8) is 0 Å². The Kier molecular flexibility index (Phi) is 4.98. The van der Waals surface area contributed by atoms with Crippen LogP contribution in [0.4, 0.5) is 5.69 Å². The van der Waals surface area contributed by atoms with E-state index in [-0.39, 0.29) is 0 Å². The Balaban J connectivity index is 2.37. The molecular weight excluding hydrogens is 190 g/mol. The molecule has 1 N–H and O–H groups in total. The van der Waals surface area contributed by atoms with E-state index in [9.17, 15) is 0 Å². The monoisotopic (exact) mass is 209 g/mol. The zero-order valence-electron chi connectivity index (χ0n) is 9.62. The zero-order valence-corrected chi connectivity index (χ0v) is 9.62. The fourth-order valence-electron chi connectivity index (χ4n) is 1.34. The Morgan fingerprint density at radius 1 is 1.20 bits per heavy atom. The van der Waals surface area contributed by atoms with Gasteiger partial charge < -0.3 is 14.8 Å². The highest BCUT2D eigenvalue weighted by atomic mass is 16.5. The van der Waals surface area contributed by atoms with Gasteiger partial charge in [0.25, 0.3) is 0 Å². The van der Waals surface area contributed by atoms with Crippen LogP contribution in [0.15, 0.2) is 24.3 Å². The summed E-state index contributed by atoms with van der Waals surface area (Å²) in [6, 6.07) is 7.92. The maximum Gasteiger partial charge on any atom is 0.119 e. The molecule has 1 atom stereocenters. The van der Waals surface area contributed by atoms with Crippen molar-refractivity contribution in [3.8, 4) is 5.75 Å². The first-order valence-electron chi connectivity index (χ1n) is 5.13. The lowest BCUT2D eigenvalue weighted by Crippen LogP contribution is -2.15. The van der Waals surface area contributed by atoms with Crippen molar-refractivity contribution in [1.29, 1.82) is 0 Å². The van der Waals surface area contributed by atoms with Gasteiger partial charge in [0.15, 0.2) is 0 Å². The van der Waals surface area contributed by atoms with Gasteiger partial charge in [-0.25, -0.2) is 0 Å². The van der Waals surface area contributed by atoms with Gasteiger partial charge in [0.05, 0.1) is 13.7 Å². The van der Waals surface area contributed by atoms with Crippen molar-refractivity contribution in [2.45, 2.75) is 6.92 Å². The summed E-state index contributed by atoms with van der Waals surface area (Å²) in [5.74, 6) is 1.39. The van der Waals surface area contributed by atoms with Crippen molar-refractivity contribution in [2.24, 2.45) is 5.92 Å². The third-order valence-corrected chi connectivity index (χ3v) is 2.20. The third-order valence-electron chi connectivity index (χ3n) is 2.20. The summed E-state index contributed by atoms with van der Waals surface area (Å²) >= 11 is 0. The van der Waals surface area contributed by atoms with Gasteiger partial charge in [0.2, 0.25) is 0 Å². The summed E-state index contributed by atoms with van der Waals surface area (Å²) in [5.41, 5.74) is 1.11. The first kappa shape index (κ1) is 11.9. The van der Waals surface area contributed by atoms with E-state index in [0.29, 0.717) is 5.92 Å². The summed E-state index contributed by atoms with van der Waals surface area (Å²) in [4.78, 5) is 0. The van der Waals surface area contributed by atoms with Gasteiger partial charge in [-0.05, 0) is 30.2 Å². The van der Waals surface area contributed by atoms with Crippen LogP contribution in [-0.4, -0.2) is 27.4 Å². The van der Waals surface area contributed by atoms with Gasteiger partial charge in [0.1, 0.15) is 5.75 Å². The lowest BCUT2D eigenvalue weighted by molar-refractivity contribution is 0.164. The number of hydrogen-bond acceptors (Lipinski definition) is 3. The van der Waals surface area contributed by atoms with Crippen LogP contribution in [0, 0.1) is 5.92 Å². The molecule has 0 heterocycles. The van der Waals surface area contributed by atoms with Gasteiger partial charge >= 0.3 is 0 Å². The van der Waals surface area contributed by atoms with E-state index < -0.39 is 0 Å². The summed E-state index contributed by atoms with van der Waals surface area (Å²) in [7, 11) is 3.40. The van der Waals surface area contributed by atoms with Crippen molar-refractivity contribution in [2.75, 3.05) is 32.7 Å². The summed E-state index contributed by atoms with van der Waals surface area (Å²) in [6.45, 7) is 3.85. The van der Waals surface area contributed by atoms with E-state index in [1.807, 2.05) is 24.3 Å². The molecule has 1 rings (SSSR count). The standard InChI is InChI=1S/C12H19NO2/c1-10(9-14-2)8-13-11-4-6-12(15-3)7-5-11/h4-7,10,13H,8-9H2,1-3H3. The highest BCUT2D eigenvalue weighted by Crippen LogP contribution is 2.15. The van der Waals surface area contributed by atoms with Gasteiger partial charge in [-0.2, -0.15) is 0 Å². The second kappa shape index (κ2) is 6.30. The Labute approximate surface area is 91.4 Å². The average molecular weight is 209 g/mol. The Hall–Kier alpha value is -1.22. The normalized spacial score (nSPS) is 12.2. The molecule has 0 aliphatic rings. The molecule has 3 heteroatoms. The minimum absolute atomic E-state index is 0.511. The van der Waals surface area contributed by atoms with Crippen molar-refractivity contribution >= 4 is 5.69 Å². The van der Waals surface area contributed by atoms with Crippen molar-refractivity contribution in [3.05, 3.63) is 24.3 Å². The zero-order chi connectivity index (χ0) is 11.1. The molecule has 0 aliphatic carbocycles. The second-order valence-corrected chi connectivity index (χ2v) is 3.67. The Morgan fingerprint density at radius 2 is 1.87 bits per heavy atom. The molecule has 0 bridgehead atoms. The minimum atomic E-state index is 0.511. The fraction of sp³-hybridized carbons (Fsp3) is 0.500. The molecule has 1 unspecified atom stereocenters. The molecule has 1 aromatic carbocycles. The quantitative estimate of drug-likeness (QED) is 0.780. The van der Waals surface area contributed by atoms with Crippen LogP contribution in [-0.2, 0) is 4.74 Å². The van der Waals surface area contributed by atoms with Crippen molar-refractivity contribution in [1.82, 2.24) is 0 Å². The maximum absolute atomic E-state index is 5.09. The maximum atomic E-state index is 5.09. The van der Waals surface area contributed by atoms with Crippen molar-refractivity contribution < 1.29 is 9.47 Å². The van der Waals surface area contributed by atoms with Crippen LogP contribution in [0.5, 0.6) is 5.75 Å². The van der Waals surface area contributed by atoms with Crippen LogP contribution >= 0.6 is 0 Å². The molecule has 0 fully saturated rings.